The fourth-order valence-corrected chi connectivity index (χ4v) is 3.49. The normalized spacial score (nSPS) is 11.9. The van der Waals surface area contributed by atoms with Crippen LogP contribution in [0.2, 0.25) is 0 Å². The van der Waals surface area contributed by atoms with E-state index < -0.39 is 29.5 Å². The van der Waals surface area contributed by atoms with E-state index in [2.05, 4.69) is 19.7 Å². The molecule has 1 aliphatic rings. The summed E-state index contributed by atoms with van der Waals surface area (Å²) in [6, 6.07) is 5.99. The van der Waals surface area contributed by atoms with E-state index in [9.17, 15) is 14.4 Å². The van der Waals surface area contributed by atoms with Crippen molar-refractivity contribution in [2.45, 2.75) is 40.0 Å². The molecule has 7 heteroatoms. The molecule has 0 aromatic heterocycles. The molecule has 0 fully saturated rings. The Labute approximate surface area is 197 Å². The van der Waals surface area contributed by atoms with Crippen LogP contribution in [0.5, 0.6) is 17.2 Å². The maximum Gasteiger partial charge on any atom is 0.338 e. The second kappa shape index (κ2) is 9.87. The molecule has 176 valence electrons. The Balaban J connectivity index is 2.11. The molecule has 3 rings (SSSR count). The fraction of sp³-hybridized carbons (Fsp3) is 0.222. The van der Waals surface area contributed by atoms with Crippen LogP contribution in [-0.2, 0) is 27.2 Å². The average molecular weight is 464 g/mol. The average Bonchev–Trinajstić information content (AvgIpc) is 3.26. The summed E-state index contributed by atoms with van der Waals surface area (Å²) in [6.07, 6.45) is 2.21. The van der Waals surface area contributed by atoms with Gasteiger partial charge in [-0.15, -0.1) is 0 Å². The van der Waals surface area contributed by atoms with Gasteiger partial charge in [-0.2, -0.15) is 0 Å². The van der Waals surface area contributed by atoms with Crippen molar-refractivity contribution in [3.05, 3.63) is 77.7 Å². The summed E-state index contributed by atoms with van der Waals surface area (Å²) in [5, 5.41) is 0. The molecule has 0 heterocycles. The smallest absolute Gasteiger partial charge is 0.338 e. The Bertz CT molecular complexity index is 1250. The third kappa shape index (κ3) is 5.14. The van der Waals surface area contributed by atoms with Crippen LogP contribution in [0.1, 0.15) is 38.3 Å². The van der Waals surface area contributed by atoms with Crippen molar-refractivity contribution in [1.82, 2.24) is 0 Å². The van der Waals surface area contributed by atoms with Crippen molar-refractivity contribution < 1.29 is 33.0 Å². The van der Waals surface area contributed by atoms with E-state index in [4.69, 9.17) is 14.2 Å². The number of ether oxygens (including phenoxy) is 3. The maximum absolute atomic E-state index is 15.2. The van der Waals surface area contributed by atoms with E-state index in [0.29, 0.717) is 29.7 Å². The lowest BCUT2D eigenvalue weighted by atomic mass is 9.95. The van der Waals surface area contributed by atoms with E-state index in [1.165, 1.54) is 26.0 Å². The highest BCUT2D eigenvalue weighted by Gasteiger charge is 2.25. The van der Waals surface area contributed by atoms with Gasteiger partial charge in [0.05, 0.1) is 0 Å². The highest BCUT2D eigenvalue weighted by Crippen LogP contribution is 2.42. The second-order valence-electron chi connectivity index (χ2n) is 8.22. The van der Waals surface area contributed by atoms with Gasteiger partial charge in [0, 0.05) is 16.7 Å². The van der Waals surface area contributed by atoms with Crippen molar-refractivity contribution >= 4 is 17.9 Å². The molecule has 0 saturated heterocycles. The SMILES string of the molecule is C=C(C)C(=O)Oc1ccc(-c2cc(F)c(OC(=O)C(=C)C)c(OC(=O)C(=C)C)c2)c2c1CCC2. The fourth-order valence-electron chi connectivity index (χ4n) is 3.49. The molecular weight excluding hydrogens is 439 g/mol. The molecule has 0 atom stereocenters. The molecule has 0 saturated carbocycles. The molecular formula is C27H25FO6. The molecule has 0 radical (unpaired) electrons. The lowest BCUT2D eigenvalue weighted by Gasteiger charge is -2.16. The molecule has 0 unspecified atom stereocenters. The molecule has 0 bridgehead atoms. The summed E-state index contributed by atoms with van der Waals surface area (Å²) < 4.78 is 31.0. The van der Waals surface area contributed by atoms with Crippen LogP contribution in [0, 0.1) is 5.82 Å². The molecule has 34 heavy (non-hydrogen) atoms. The predicted octanol–water partition coefficient (Wildman–Crippen LogP) is 5.43. The van der Waals surface area contributed by atoms with E-state index in [1.54, 1.807) is 19.1 Å². The van der Waals surface area contributed by atoms with Gasteiger partial charge < -0.3 is 14.2 Å². The predicted molar refractivity (Wildman–Crippen MR) is 125 cm³/mol. The monoisotopic (exact) mass is 464 g/mol. The second-order valence-corrected chi connectivity index (χ2v) is 8.22. The van der Waals surface area contributed by atoms with E-state index in [0.717, 1.165) is 17.5 Å². The van der Waals surface area contributed by atoms with Gasteiger partial charge in [-0.05, 0) is 80.5 Å². The Morgan fingerprint density at radius 1 is 0.765 bits per heavy atom. The molecule has 2 aromatic carbocycles. The van der Waals surface area contributed by atoms with E-state index in [1.807, 2.05) is 0 Å². The quantitative estimate of drug-likeness (QED) is 0.309. The zero-order valence-electron chi connectivity index (χ0n) is 19.4. The summed E-state index contributed by atoms with van der Waals surface area (Å²) in [5.41, 5.74) is 3.27. The molecule has 6 nitrogen and oxygen atoms in total. The van der Waals surface area contributed by atoms with Crippen molar-refractivity contribution in [1.29, 1.82) is 0 Å². The zero-order chi connectivity index (χ0) is 25.2. The third-order valence-electron chi connectivity index (χ3n) is 5.21. The van der Waals surface area contributed by atoms with Crippen LogP contribution >= 0.6 is 0 Å². The number of fused-ring (bicyclic) bond motifs is 1. The number of hydrogen-bond acceptors (Lipinski definition) is 6. The van der Waals surface area contributed by atoms with Gasteiger partial charge in [0.15, 0.2) is 11.6 Å². The van der Waals surface area contributed by atoms with Crippen LogP contribution in [-0.4, -0.2) is 17.9 Å². The maximum atomic E-state index is 15.2. The van der Waals surface area contributed by atoms with E-state index >= 15 is 4.39 Å². The number of esters is 3. The number of hydrogen-bond donors (Lipinski definition) is 0. The Morgan fingerprint density at radius 3 is 1.88 bits per heavy atom. The highest BCUT2D eigenvalue weighted by molar-refractivity contribution is 5.92. The standard InChI is InChI=1S/C27H25FO6/c1-14(2)25(29)32-22-11-10-18(19-8-7-9-20(19)22)17-12-21(28)24(34-27(31)16(5)6)23(13-17)33-26(30)15(3)4/h10-13H,1,3,5,7-9H2,2,4,6H3. The first-order valence-corrected chi connectivity index (χ1v) is 10.6. The number of rotatable bonds is 7. The minimum Gasteiger partial charge on any atom is -0.423 e. The van der Waals surface area contributed by atoms with Gasteiger partial charge in [0.2, 0.25) is 5.75 Å². The van der Waals surface area contributed by atoms with Gasteiger partial charge in [0.25, 0.3) is 0 Å². The van der Waals surface area contributed by atoms with E-state index in [-0.39, 0.29) is 22.5 Å². The Morgan fingerprint density at radius 2 is 1.29 bits per heavy atom. The topological polar surface area (TPSA) is 78.9 Å². The number of halogens is 1. The van der Waals surface area contributed by atoms with Gasteiger partial charge >= 0.3 is 17.9 Å². The molecule has 2 aromatic rings. The highest BCUT2D eigenvalue weighted by atomic mass is 19.1. The van der Waals surface area contributed by atoms with Crippen molar-refractivity contribution in [2.24, 2.45) is 0 Å². The van der Waals surface area contributed by atoms with Gasteiger partial charge in [-0.3, -0.25) is 0 Å². The first-order valence-electron chi connectivity index (χ1n) is 10.6. The summed E-state index contributed by atoms with van der Waals surface area (Å²) in [6.45, 7) is 15.0. The lowest BCUT2D eigenvalue weighted by molar-refractivity contribution is -0.132. The molecule has 0 N–H and O–H groups in total. The largest absolute Gasteiger partial charge is 0.423 e. The molecule has 0 aliphatic heterocycles. The molecule has 0 spiro atoms. The first kappa shape index (κ1) is 24.6. The minimum atomic E-state index is -0.888. The number of carbonyl (C=O) groups is 3. The molecule has 0 amide bonds. The van der Waals surface area contributed by atoms with Gasteiger partial charge in [-0.1, -0.05) is 25.8 Å². The zero-order valence-corrected chi connectivity index (χ0v) is 19.4. The van der Waals surface area contributed by atoms with Crippen LogP contribution in [0.15, 0.2) is 60.7 Å². The lowest BCUT2D eigenvalue weighted by Crippen LogP contribution is -2.14. The molecule has 1 aliphatic carbocycles. The summed E-state index contributed by atoms with van der Waals surface area (Å²) >= 11 is 0. The number of carbonyl (C=O) groups excluding carboxylic acids is 3. The number of benzene rings is 2. The van der Waals surface area contributed by atoms with Crippen LogP contribution in [0.25, 0.3) is 11.1 Å². The van der Waals surface area contributed by atoms with Gasteiger partial charge in [-0.25, -0.2) is 18.8 Å². The Kier molecular flexibility index (Phi) is 7.15. The Hall–Kier alpha value is -4.00. The summed E-state index contributed by atoms with van der Waals surface area (Å²) in [5.74, 6) is -3.41. The van der Waals surface area contributed by atoms with Crippen molar-refractivity contribution in [2.75, 3.05) is 0 Å². The summed E-state index contributed by atoms with van der Waals surface area (Å²) in [4.78, 5) is 36.2. The summed E-state index contributed by atoms with van der Waals surface area (Å²) in [7, 11) is 0. The van der Waals surface area contributed by atoms with Crippen LogP contribution in [0.3, 0.4) is 0 Å². The minimum absolute atomic E-state index is 0.0540. The van der Waals surface area contributed by atoms with Gasteiger partial charge in [0.1, 0.15) is 5.75 Å². The van der Waals surface area contributed by atoms with Crippen LogP contribution in [0.4, 0.5) is 4.39 Å². The van der Waals surface area contributed by atoms with Crippen molar-refractivity contribution in [3.8, 4) is 28.4 Å². The van der Waals surface area contributed by atoms with Crippen LogP contribution < -0.4 is 14.2 Å². The third-order valence-corrected chi connectivity index (χ3v) is 5.21. The first-order chi connectivity index (χ1) is 16.0. The van der Waals surface area contributed by atoms with Crippen molar-refractivity contribution in [3.63, 3.8) is 0 Å².